The zero-order chi connectivity index (χ0) is 16.9. The number of rotatable bonds is 5. The highest BCUT2D eigenvalue weighted by molar-refractivity contribution is 5.33. The Hall–Kier alpha value is -2.37. The van der Waals surface area contributed by atoms with Gasteiger partial charge in [0, 0.05) is 14.1 Å². The molecule has 1 aromatic carbocycles. The van der Waals surface area contributed by atoms with E-state index in [1.165, 1.54) is 37.7 Å². The molecule has 0 bridgehead atoms. The fourth-order valence-corrected chi connectivity index (χ4v) is 3.11. The molecule has 24 heavy (non-hydrogen) atoms. The lowest BCUT2D eigenvalue weighted by molar-refractivity contribution is 0.295. The van der Waals surface area contributed by atoms with Crippen LogP contribution in [0.4, 0.5) is 11.9 Å². The third-order valence-corrected chi connectivity index (χ3v) is 4.41. The van der Waals surface area contributed by atoms with Crippen LogP contribution < -0.4 is 15.4 Å². The van der Waals surface area contributed by atoms with Gasteiger partial charge in [0.1, 0.15) is 12.4 Å². The van der Waals surface area contributed by atoms with E-state index in [4.69, 9.17) is 10.5 Å². The Morgan fingerprint density at radius 1 is 1.04 bits per heavy atom. The minimum atomic E-state index is 0.208. The second kappa shape index (κ2) is 7.47. The van der Waals surface area contributed by atoms with Crippen molar-refractivity contribution < 1.29 is 4.74 Å². The van der Waals surface area contributed by atoms with Gasteiger partial charge in [-0.1, -0.05) is 31.4 Å². The van der Waals surface area contributed by atoms with E-state index in [1.54, 1.807) is 4.90 Å². The summed E-state index contributed by atoms with van der Waals surface area (Å²) in [5.41, 5.74) is 7.14. The molecule has 1 saturated carbocycles. The Morgan fingerprint density at radius 3 is 2.42 bits per heavy atom. The molecule has 6 heteroatoms. The third-order valence-electron chi connectivity index (χ3n) is 4.41. The van der Waals surface area contributed by atoms with Crippen molar-refractivity contribution in [3.05, 3.63) is 35.7 Å². The van der Waals surface area contributed by atoms with Crippen molar-refractivity contribution in [2.45, 2.75) is 44.6 Å². The van der Waals surface area contributed by atoms with Gasteiger partial charge in [-0.25, -0.2) is 0 Å². The molecule has 0 aliphatic heterocycles. The van der Waals surface area contributed by atoms with Crippen LogP contribution in [0.15, 0.2) is 24.3 Å². The van der Waals surface area contributed by atoms with E-state index < -0.39 is 0 Å². The van der Waals surface area contributed by atoms with Crippen molar-refractivity contribution in [1.29, 1.82) is 0 Å². The lowest BCUT2D eigenvalue weighted by Gasteiger charge is -2.22. The zero-order valence-corrected chi connectivity index (χ0v) is 14.4. The van der Waals surface area contributed by atoms with Gasteiger partial charge < -0.3 is 15.4 Å². The Morgan fingerprint density at radius 2 is 1.75 bits per heavy atom. The maximum atomic E-state index is 5.80. The van der Waals surface area contributed by atoms with E-state index in [0.29, 0.717) is 17.7 Å². The zero-order valence-electron chi connectivity index (χ0n) is 14.4. The van der Waals surface area contributed by atoms with Crippen molar-refractivity contribution in [3.63, 3.8) is 0 Å². The van der Waals surface area contributed by atoms with Gasteiger partial charge in [-0.15, -0.1) is 0 Å². The molecule has 1 aliphatic rings. The summed E-state index contributed by atoms with van der Waals surface area (Å²) >= 11 is 0. The molecule has 0 saturated heterocycles. The fraction of sp³-hybridized carbons (Fsp3) is 0.500. The number of nitrogens with zero attached hydrogens (tertiary/aromatic N) is 4. The quantitative estimate of drug-likeness (QED) is 0.909. The first-order valence-corrected chi connectivity index (χ1v) is 8.52. The topological polar surface area (TPSA) is 77.2 Å². The molecule has 1 heterocycles. The summed E-state index contributed by atoms with van der Waals surface area (Å²) < 4.78 is 5.80. The number of aromatic nitrogens is 3. The minimum Gasteiger partial charge on any atom is -0.486 e. The van der Waals surface area contributed by atoms with Crippen LogP contribution in [-0.2, 0) is 6.61 Å². The molecule has 1 aliphatic carbocycles. The summed E-state index contributed by atoms with van der Waals surface area (Å²) in [5.74, 6) is 2.80. The maximum absolute atomic E-state index is 5.80. The highest BCUT2D eigenvalue weighted by Gasteiger charge is 2.15. The second-order valence-corrected chi connectivity index (χ2v) is 6.50. The van der Waals surface area contributed by atoms with Gasteiger partial charge in [-0.2, -0.15) is 15.0 Å². The normalized spacial score (nSPS) is 15.2. The van der Waals surface area contributed by atoms with Crippen LogP contribution in [0.2, 0.25) is 0 Å². The summed E-state index contributed by atoms with van der Waals surface area (Å²) in [5, 5.41) is 0. The molecule has 0 unspecified atom stereocenters. The molecule has 1 aromatic heterocycles. The van der Waals surface area contributed by atoms with Gasteiger partial charge >= 0.3 is 0 Å². The Balaban J connectivity index is 1.62. The van der Waals surface area contributed by atoms with Gasteiger partial charge in [0.05, 0.1) is 0 Å². The predicted molar refractivity (Wildman–Crippen MR) is 95.2 cm³/mol. The van der Waals surface area contributed by atoms with E-state index in [0.717, 1.165) is 5.75 Å². The molecule has 128 valence electrons. The number of hydrogen-bond acceptors (Lipinski definition) is 6. The summed E-state index contributed by atoms with van der Waals surface area (Å²) in [4.78, 5) is 14.3. The van der Waals surface area contributed by atoms with Gasteiger partial charge in [0.25, 0.3) is 0 Å². The van der Waals surface area contributed by atoms with Crippen molar-refractivity contribution in [2.24, 2.45) is 0 Å². The van der Waals surface area contributed by atoms with Gasteiger partial charge in [-0.3, -0.25) is 0 Å². The molecular weight excluding hydrogens is 302 g/mol. The first kappa shape index (κ1) is 16.5. The van der Waals surface area contributed by atoms with Crippen molar-refractivity contribution >= 4 is 11.9 Å². The van der Waals surface area contributed by atoms with Gasteiger partial charge in [0.2, 0.25) is 11.9 Å². The molecule has 2 aromatic rings. The number of hydrogen-bond donors (Lipinski definition) is 1. The lowest BCUT2D eigenvalue weighted by Crippen LogP contribution is -2.16. The summed E-state index contributed by atoms with van der Waals surface area (Å²) in [6, 6.07) is 8.42. The molecule has 0 radical (unpaired) electrons. The first-order chi connectivity index (χ1) is 11.6. The molecule has 0 atom stereocenters. The molecule has 1 fully saturated rings. The molecule has 6 nitrogen and oxygen atoms in total. The van der Waals surface area contributed by atoms with Gasteiger partial charge in [-0.05, 0) is 36.5 Å². The number of anilines is 2. The maximum Gasteiger partial charge on any atom is 0.230 e. The summed E-state index contributed by atoms with van der Waals surface area (Å²) in [6.45, 7) is 0.274. The minimum absolute atomic E-state index is 0.208. The first-order valence-electron chi connectivity index (χ1n) is 8.52. The van der Waals surface area contributed by atoms with Crippen LogP contribution in [0.3, 0.4) is 0 Å². The van der Waals surface area contributed by atoms with Crippen molar-refractivity contribution in [1.82, 2.24) is 15.0 Å². The van der Waals surface area contributed by atoms with E-state index in [-0.39, 0.29) is 12.6 Å². The van der Waals surface area contributed by atoms with Crippen LogP contribution in [0.5, 0.6) is 5.75 Å². The van der Waals surface area contributed by atoms with Crippen molar-refractivity contribution in [2.75, 3.05) is 24.7 Å². The summed E-state index contributed by atoms with van der Waals surface area (Å²) in [7, 11) is 3.73. The van der Waals surface area contributed by atoms with E-state index in [1.807, 2.05) is 26.2 Å². The molecular formula is C18H25N5O. The van der Waals surface area contributed by atoms with E-state index in [2.05, 4.69) is 27.1 Å². The van der Waals surface area contributed by atoms with Crippen LogP contribution in [0.25, 0.3) is 0 Å². The highest BCUT2D eigenvalue weighted by atomic mass is 16.5. The van der Waals surface area contributed by atoms with Gasteiger partial charge in [0.15, 0.2) is 5.82 Å². The van der Waals surface area contributed by atoms with Crippen molar-refractivity contribution in [3.8, 4) is 5.75 Å². The molecule has 0 amide bonds. The largest absolute Gasteiger partial charge is 0.486 e. The monoisotopic (exact) mass is 327 g/mol. The SMILES string of the molecule is CN(C)c1nc(N)nc(COc2ccc(C3CCCCC3)cc2)n1. The molecule has 2 N–H and O–H groups in total. The number of nitrogen functional groups attached to an aromatic ring is 1. The third kappa shape index (κ3) is 4.13. The number of nitrogens with two attached hydrogens (primary N) is 1. The molecule has 3 rings (SSSR count). The number of benzene rings is 1. The summed E-state index contributed by atoms with van der Waals surface area (Å²) in [6.07, 6.45) is 6.67. The predicted octanol–water partition coefficient (Wildman–Crippen LogP) is 3.15. The second-order valence-electron chi connectivity index (χ2n) is 6.50. The van der Waals surface area contributed by atoms with Crippen LogP contribution in [0, 0.1) is 0 Å². The van der Waals surface area contributed by atoms with Crippen LogP contribution in [0.1, 0.15) is 49.4 Å². The van der Waals surface area contributed by atoms with E-state index >= 15 is 0 Å². The standard InChI is InChI=1S/C18H25N5O/c1-23(2)18-21-16(20-17(19)22-18)12-24-15-10-8-14(9-11-15)13-6-4-3-5-7-13/h8-11,13H,3-7,12H2,1-2H3,(H2,19,20,21,22). The Labute approximate surface area is 143 Å². The molecule has 0 spiro atoms. The fourth-order valence-electron chi connectivity index (χ4n) is 3.11. The lowest BCUT2D eigenvalue weighted by atomic mass is 9.84. The Bertz CT molecular complexity index is 666. The average molecular weight is 327 g/mol. The average Bonchev–Trinajstić information content (AvgIpc) is 2.61. The van der Waals surface area contributed by atoms with E-state index in [9.17, 15) is 0 Å². The number of ether oxygens (including phenoxy) is 1. The Kier molecular flexibility index (Phi) is 5.13. The smallest absolute Gasteiger partial charge is 0.230 e. The van der Waals surface area contributed by atoms with Crippen LogP contribution in [-0.4, -0.2) is 29.0 Å². The van der Waals surface area contributed by atoms with Crippen LogP contribution >= 0.6 is 0 Å². The highest BCUT2D eigenvalue weighted by Crippen LogP contribution is 2.33.